The lowest BCUT2D eigenvalue weighted by molar-refractivity contribution is -0.137. The van der Waals surface area contributed by atoms with Gasteiger partial charge in [-0.1, -0.05) is 36.8 Å². The van der Waals surface area contributed by atoms with Gasteiger partial charge in [-0.05, 0) is 80.2 Å². The Morgan fingerprint density at radius 3 is 2.30 bits per heavy atom. The van der Waals surface area contributed by atoms with E-state index < -0.39 is 18.2 Å². The van der Waals surface area contributed by atoms with Crippen molar-refractivity contribution >= 4 is 18.4 Å². The summed E-state index contributed by atoms with van der Waals surface area (Å²) in [6.45, 7) is 2.86. The molecule has 3 fully saturated rings. The molecule has 14 nitrogen and oxygen atoms in total. The van der Waals surface area contributed by atoms with Crippen molar-refractivity contribution < 1.29 is 23.9 Å². The minimum absolute atomic E-state index is 0.231. The van der Waals surface area contributed by atoms with Crippen LogP contribution in [0.25, 0.3) is 33.8 Å². The zero-order valence-corrected chi connectivity index (χ0v) is 32.0. The molecule has 292 valence electrons. The number of fused-ring (bicyclic) bond motifs is 2. The molecule has 4 aromatic heterocycles. The second kappa shape index (κ2) is 17.7. The van der Waals surface area contributed by atoms with Gasteiger partial charge in [0, 0.05) is 55.8 Å². The molecule has 8 rings (SSSR count). The summed E-state index contributed by atoms with van der Waals surface area (Å²) < 4.78 is 10.1. The Labute approximate surface area is 326 Å². The zero-order chi connectivity index (χ0) is 39.0. The van der Waals surface area contributed by atoms with E-state index in [-0.39, 0.29) is 11.9 Å². The molecule has 1 aliphatic heterocycles. The number of ether oxygens (including phenoxy) is 2. The van der Waals surface area contributed by atoms with Crippen molar-refractivity contribution in [2.75, 3.05) is 20.8 Å². The van der Waals surface area contributed by atoms with Crippen molar-refractivity contribution in [2.24, 2.45) is 11.8 Å². The van der Waals surface area contributed by atoms with Gasteiger partial charge in [0.2, 0.25) is 12.3 Å². The van der Waals surface area contributed by atoms with Crippen LogP contribution in [0.15, 0.2) is 79.5 Å². The van der Waals surface area contributed by atoms with Gasteiger partial charge in [-0.3, -0.25) is 19.6 Å². The van der Waals surface area contributed by atoms with E-state index in [1.54, 1.807) is 30.4 Å². The monoisotopic (exact) mass is 759 g/mol. The Kier molecular flexibility index (Phi) is 12.1. The molecule has 1 aromatic carbocycles. The van der Waals surface area contributed by atoms with Crippen LogP contribution in [-0.2, 0) is 25.6 Å². The highest BCUT2D eigenvalue weighted by atomic mass is 16.5. The summed E-state index contributed by atoms with van der Waals surface area (Å²) >= 11 is 0. The predicted molar refractivity (Wildman–Crippen MR) is 210 cm³/mol. The number of rotatable bonds is 12. The number of methoxy groups -OCH3 is 2. The largest absolute Gasteiger partial charge is 0.453 e. The first kappa shape index (κ1) is 38.4. The molecule has 6 atom stereocenters. The number of benzene rings is 1. The fraction of sp³-hybridized carbons (Fsp3) is 0.405. The summed E-state index contributed by atoms with van der Waals surface area (Å²) in [4.78, 5) is 62.1. The minimum atomic E-state index is -0.873. The number of H-pyrrole nitrogens is 2. The number of nitrogens with zero attached hydrogens (tertiary/aromatic N) is 5. The maximum atomic E-state index is 13.5. The number of hydrogen-bond donors (Lipinski definition) is 4. The standard InChI is InChI=1S/C35H41N7O4.C7H8N2O/c1-20(45-2)31(41-35(44)46-3)34(43)42-14-4-5-30(42)33-38-19-29(40-33)25-12-13-27(36-17-25)22-8-10-23(11-9-22)28-18-37-32(39-28)26-16-21-6-7-24(26)15-21;10-6-9-5-7-2-1-3-8-4-7/h8-13,17-21,24,26,30-31H,4-7,14-16H2,1-3H3,(H,37,39)(H,38,40)(H,41,44);1-4,6H,5H2,(H,9,10)/t20?,21?,24?,26-,30?,31?;/m1./s1. The molecule has 0 spiro atoms. The van der Waals surface area contributed by atoms with Crippen LogP contribution in [0.4, 0.5) is 4.79 Å². The van der Waals surface area contributed by atoms with Crippen LogP contribution in [0, 0.1) is 11.8 Å². The molecule has 3 aliphatic rings. The van der Waals surface area contributed by atoms with Gasteiger partial charge in [-0.15, -0.1) is 0 Å². The number of hydrogen-bond acceptors (Lipinski definition) is 9. The second-order valence-electron chi connectivity index (χ2n) is 14.8. The highest BCUT2D eigenvalue weighted by molar-refractivity contribution is 5.87. The van der Waals surface area contributed by atoms with E-state index in [9.17, 15) is 14.4 Å². The molecule has 2 aliphatic carbocycles. The van der Waals surface area contributed by atoms with Crippen molar-refractivity contribution in [1.29, 1.82) is 0 Å². The normalized spacial score (nSPS) is 20.8. The van der Waals surface area contributed by atoms with Crippen LogP contribution in [0.1, 0.15) is 74.6 Å². The van der Waals surface area contributed by atoms with E-state index in [1.807, 2.05) is 36.7 Å². The Hall–Kier alpha value is -5.89. The first-order valence-electron chi connectivity index (χ1n) is 19.3. The molecular formula is C42H49N9O5. The number of nitrogens with one attached hydrogen (secondary N) is 4. The average molecular weight is 760 g/mol. The fourth-order valence-electron chi connectivity index (χ4n) is 8.31. The molecule has 56 heavy (non-hydrogen) atoms. The lowest BCUT2D eigenvalue weighted by Gasteiger charge is -2.30. The summed E-state index contributed by atoms with van der Waals surface area (Å²) in [6, 6.07) is 15.1. The van der Waals surface area contributed by atoms with Gasteiger partial charge in [-0.2, -0.15) is 0 Å². The summed E-state index contributed by atoms with van der Waals surface area (Å²) in [5, 5.41) is 5.17. The van der Waals surface area contributed by atoms with E-state index in [0.717, 1.165) is 69.8 Å². The Bertz CT molecular complexity index is 2070. The van der Waals surface area contributed by atoms with E-state index >= 15 is 0 Å². The molecule has 4 N–H and O–H groups in total. The minimum Gasteiger partial charge on any atom is -0.453 e. The van der Waals surface area contributed by atoms with Crippen LogP contribution >= 0.6 is 0 Å². The number of imidazole rings is 2. The van der Waals surface area contributed by atoms with Gasteiger partial charge in [0.1, 0.15) is 17.7 Å². The summed E-state index contributed by atoms with van der Waals surface area (Å²) in [6.07, 6.45) is 15.5. The van der Waals surface area contributed by atoms with E-state index in [4.69, 9.17) is 19.4 Å². The maximum absolute atomic E-state index is 13.5. The van der Waals surface area contributed by atoms with E-state index in [1.165, 1.54) is 39.9 Å². The highest BCUT2D eigenvalue weighted by Gasteiger charge is 2.42. The number of likely N-dealkylation sites (tertiary alicyclic amines) is 1. The molecule has 3 amide bonds. The Morgan fingerprint density at radius 1 is 0.893 bits per heavy atom. The number of amides is 3. The van der Waals surface area contributed by atoms with Gasteiger partial charge in [0.15, 0.2) is 0 Å². The summed E-state index contributed by atoms with van der Waals surface area (Å²) in [5.74, 6) is 3.91. The van der Waals surface area contributed by atoms with Gasteiger partial charge >= 0.3 is 6.09 Å². The van der Waals surface area contributed by atoms with Gasteiger partial charge < -0.3 is 35.0 Å². The SMILES string of the molecule is COC(=O)NC(C(=O)N1CCCC1c1ncc(-c2ccc(-c3ccc(-c4cnc([C@@H]5CC6CCC5C6)[nH]4)cc3)nc2)[nH]1)C(C)OC.O=CNCc1cccnc1. The smallest absolute Gasteiger partial charge is 0.407 e. The number of alkyl carbamates (subject to hydrolysis) is 1. The number of carbonyl (C=O) groups is 3. The quantitative estimate of drug-likeness (QED) is 0.108. The highest BCUT2D eigenvalue weighted by Crippen LogP contribution is 2.52. The fourth-order valence-corrected chi connectivity index (χ4v) is 8.31. The maximum Gasteiger partial charge on any atom is 0.407 e. The molecule has 2 saturated carbocycles. The molecule has 5 heterocycles. The Balaban J connectivity index is 0.000000420. The number of aromatic nitrogens is 6. The molecule has 5 aromatic rings. The van der Waals surface area contributed by atoms with Crippen LogP contribution in [-0.4, -0.2) is 86.1 Å². The number of aromatic amines is 2. The molecule has 2 bridgehead atoms. The summed E-state index contributed by atoms with van der Waals surface area (Å²) in [5.41, 5.74) is 6.84. The van der Waals surface area contributed by atoms with Gasteiger partial charge in [0.05, 0.1) is 48.7 Å². The average Bonchev–Trinajstić information content (AvgIpc) is 4.11. The van der Waals surface area contributed by atoms with Gasteiger partial charge in [0.25, 0.3) is 0 Å². The predicted octanol–water partition coefficient (Wildman–Crippen LogP) is 6.18. The van der Waals surface area contributed by atoms with Crippen molar-refractivity contribution in [3.05, 3.63) is 96.7 Å². The van der Waals surface area contributed by atoms with Crippen LogP contribution in [0.3, 0.4) is 0 Å². The third kappa shape index (κ3) is 8.65. The molecule has 5 unspecified atom stereocenters. The van der Waals surface area contributed by atoms with Crippen molar-refractivity contribution in [3.8, 4) is 33.8 Å². The lowest BCUT2D eigenvalue weighted by Crippen LogP contribution is -2.54. The topological polar surface area (TPSA) is 180 Å². The van der Waals surface area contributed by atoms with Crippen LogP contribution in [0.5, 0.6) is 0 Å². The Morgan fingerprint density at radius 2 is 1.64 bits per heavy atom. The van der Waals surface area contributed by atoms with Crippen molar-refractivity contribution in [1.82, 2.24) is 45.4 Å². The molecule has 14 heteroatoms. The summed E-state index contributed by atoms with van der Waals surface area (Å²) in [7, 11) is 2.78. The number of carbonyl (C=O) groups excluding carboxylic acids is 3. The third-order valence-corrected chi connectivity index (χ3v) is 11.4. The van der Waals surface area contributed by atoms with Gasteiger partial charge in [-0.25, -0.2) is 14.8 Å². The second-order valence-corrected chi connectivity index (χ2v) is 14.8. The molecular weight excluding hydrogens is 711 g/mol. The van der Waals surface area contributed by atoms with Crippen LogP contribution < -0.4 is 10.6 Å². The van der Waals surface area contributed by atoms with Crippen molar-refractivity contribution in [3.63, 3.8) is 0 Å². The van der Waals surface area contributed by atoms with E-state index in [0.29, 0.717) is 31.2 Å². The van der Waals surface area contributed by atoms with Crippen molar-refractivity contribution in [2.45, 2.75) is 76.1 Å². The third-order valence-electron chi connectivity index (χ3n) is 11.4. The first-order chi connectivity index (χ1) is 27.3. The lowest BCUT2D eigenvalue weighted by atomic mass is 9.88. The first-order valence-corrected chi connectivity index (χ1v) is 19.3. The van der Waals surface area contributed by atoms with Crippen LogP contribution in [0.2, 0.25) is 0 Å². The molecule has 0 radical (unpaired) electrons. The zero-order valence-electron chi connectivity index (χ0n) is 32.0. The molecule has 1 saturated heterocycles. The number of pyridine rings is 2. The van der Waals surface area contributed by atoms with E-state index in [2.05, 4.69) is 54.8 Å².